The molecule has 0 aliphatic rings. The summed E-state index contributed by atoms with van der Waals surface area (Å²) in [5.74, 6) is 1.62. The minimum atomic E-state index is 0. The molecule has 8 heteroatoms. The first-order chi connectivity index (χ1) is 15.8. The van der Waals surface area contributed by atoms with Crippen molar-refractivity contribution in [3.05, 3.63) is 83.7 Å². The summed E-state index contributed by atoms with van der Waals surface area (Å²) >= 11 is 0. The van der Waals surface area contributed by atoms with Gasteiger partial charge in [-0.1, -0.05) is 42.5 Å². The van der Waals surface area contributed by atoms with E-state index in [4.69, 9.17) is 14.5 Å². The fraction of sp³-hybridized carbons (Fsp3) is 0.360. The van der Waals surface area contributed by atoms with Crippen molar-refractivity contribution in [1.29, 1.82) is 0 Å². The third kappa shape index (κ3) is 9.83. The molecule has 0 radical (unpaired) electrons. The Morgan fingerprint density at radius 1 is 1.00 bits per heavy atom. The first-order valence-corrected chi connectivity index (χ1v) is 11.0. The lowest BCUT2D eigenvalue weighted by molar-refractivity contribution is 0.145. The molecule has 0 bridgehead atoms. The monoisotopic (exact) mass is 563 g/mol. The number of hydrogen-bond donors (Lipinski definition) is 2. The average molecular weight is 563 g/mol. The molecular weight excluding hydrogens is 529 g/mol. The van der Waals surface area contributed by atoms with Gasteiger partial charge >= 0.3 is 0 Å². The van der Waals surface area contributed by atoms with E-state index >= 15 is 0 Å². The first-order valence-electron chi connectivity index (χ1n) is 11.0. The predicted molar refractivity (Wildman–Crippen MR) is 143 cm³/mol. The zero-order valence-corrected chi connectivity index (χ0v) is 21.7. The largest absolute Gasteiger partial charge is 0.497 e. The van der Waals surface area contributed by atoms with Gasteiger partial charge in [0.15, 0.2) is 5.96 Å². The molecule has 0 aliphatic carbocycles. The molecule has 1 aromatic heterocycles. The Morgan fingerprint density at radius 2 is 1.79 bits per heavy atom. The van der Waals surface area contributed by atoms with E-state index in [1.54, 1.807) is 7.11 Å². The summed E-state index contributed by atoms with van der Waals surface area (Å²) < 4.78 is 12.6. The van der Waals surface area contributed by atoms with Gasteiger partial charge in [-0.15, -0.1) is 24.0 Å². The topological polar surface area (TPSA) is 72.7 Å². The Kier molecular flexibility index (Phi) is 12.3. The minimum absolute atomic E-state index is 0. The molecule has 178 valence electrons. The molecule has 0 spiro atoms. The zero-order valence-electron chi connectivity index (χ0n) is 19.4. The maximum Gasteiger partial charge on any atom is 0.191 e. The van der Waals surface area contributed by atoms with Gasteiger partial charge in [-0.2, -0.15) is 5.10 Å². The number of ether oxygens (including phenoxy) is 2. The summed E-state index contributed by atoms with van der Waals surface area (Å²) in [4.78, 5) is 4.76. The summed E-state index contributed by atoms with van der Waals surface area (Å²) in [5, 5.41) is 11.3. The predicted octanol–water partition coefficient (Wildman–Crippen LogP) is 4.22. The lowest BCUT2D eigenvalue weighted by atomic mass is 10.2. The molecule has 33 heavy (non-hydrogen) atoms. The van der Waals surface area contributed by atoms with E-state index in [9.17, 15) is 0 Å². The maximum atomic E-state index is 5.42. The molecule has 2 N–H and O–H groups in total. The number of nitrogens with zero attached hydrogens (tertiary/aromatic N) is 3. The standard InChI is InChI=1S/C25H33N5O2.HI/c1-3-32-15-7-14-26-25(27-16-21-10-12-24(31-2)13-11-21)28-17-23-18-29-30(20-23)19-22-8-5-4-6-9-22;/h4-6,8-13,18,20H,3,7,14-17,19H2,1-2H3,(H2,26,27,28);1H. The SMILES string of the molecule is CCOCCCNC(=NCc1cnn(Cc2ccccc2)c1)NCc1ccc(OC)cc1.I. The second kappa shape index (κ2) is 15.3. The summed E-state index contributed by atoms with van der Waals surface area (Å²) in [5.41, 5.74) is 3.45. The lowest BCUT2D eigenvalue weighted by Crippen LogP contribution is -2.37. The van der Waals surface area contributed by atoms with E-state index in [0.717, 1.165) is 55.6 Å². The zero-order chi connectivity index (χ0) is 22.4. The number of methoxy groups -OCH3 is 1. The fourth-order valence-electron chi connectivity index (χ4n) is 3.14. The van der Waals surface area contributed by atoms with Gasteiger partial charge in [-0.3, -0.25) is 4.68 Å². The van der Waals surface area contributed by atoms with Crippen LogP contribution in [-0.4, -0.2) is 42.6 Å². The number of halogens is 1. The highest BCUT2D eigenvalue weighted by molar-refractivity contribution is 14.0. The van der Waals surface area contributed by atoms with E-state index in [1.165, 1.54) is 5.56 Å². The van der Waals surface area contributed by atoms with E-state index in [0.29, 0.717) is 13.1 Å². The Bertz CT molecular complexity index is 945. The third-order valence-electron chi connectivity index (χ3n) is 4.87. The van der Waals surface area contributed by atoms with Gasteiger partial charge in [-0.25, -0.2) is 4.99 Å². The number of nitrogens with one attached hydrogen (secondary N) is 2. The molecule has 7 nitrogen and oxygen atoms in total. The number of hydrogen-bond acceptors (Lipinski definition) is 4. The molecule has 2 aromatic carbocycles. The Balaban J connectivity index is 0.00000385. The molecule has 1 heterocycles. The molecule has 0 fully saturated rings. The van der Waals surface area contributed by atoms with Crippen molar-refractivity contribution in [3.63, 3.8) is 0 Å². The van der Waals surface area contributed by atoms with E-state index < -0.39 is 0 Å². The van der Waals surface area contributed by atoms with Crippen LogP contribution in [0.25, 0.3) is 0 Å². The second-order valence-corrected chi connectivity index (χ2v) is 7.38. The van der Waals surface area contributed by atoms with Crippen molar-refractivity contribution in [3.8, 4) is 5.75 Å². The van der Waals surface area contributed by atoms with Crippen molar-refractivity contribution in [2.45, 2.75) is 33.0 Å². The fourth-order valence-corrected chi connectivity index (χ4v) is 3.14. The number of benzene rings is 2. The van der Waals surface area contributed by atoms with Crippen molar-refractivity contribution >= 4 is 29.9 Å². The highest BCUT2D eigenvalue weighted by Gasteiger charge is 2.03. The van der Waals surface area contributed by atoms with Gasteiger partial charge in [0.1, 0.15) is 5.75 Å². The van der Waals surface area contributed by atoms with Crippen LogP contribution >= 0.6 is 24.0 Å². The number of aliphatic imine (C=N–C) groups is 1. The molecule has 0 unspecified atom stereocenters. The van der Waals surface area contributed by atoms with Crippen LogP contribution in [0.2, 0.25) is 0 Å². The van der Waals surface area contributed by atoms with Crippen molar-refractivity contribution < 1.29 is 9.47 Å². The second-order valence-electron chi connectivity index (χ2n) is 7.38. The number of guanidine groups is 1. The van der Waals surface area contributed by atoms with Crippen LogP contribution in [-0.2, 0) is 24.4 Å². The summed E-state index contributed by atoms with van der Waals surface area (Å²) in [6.07, 6.45) is 4.85. The van der Waals surface area contributed by atoms with Gasteiger partial charge < -0.3 is 20.1 Å². The van der Waals surface area contributed by atoms with Crippen LogP contribution in [0.5, 0.6) is 5.75 Å². The molecule has 0 aliphatic heterocycles. The smallest absolute Gasteiger partial charge is 0.191 e. The van der Waals surface area contributed by atoms with Crippen LogP contribution < -0.4 is 15.4 Å². The summed E-state index contributed by atoms with van der Waals surface area (Å²) in [7, 11) is 1.67. The summed E-state index contributed by atoms with van der Waals surface area (Å²) in [6.45, 7) is 6.26. The molecular formula is C25H34IN5O2. The molecule has 0 saturated carbocycles. The van der Waals surface area contributed by atoms with Gasteiger partial charge in [0.2, 0.25) is 0 Å². The van der Waals surface area contributed by atoms with Crippen LogP contribution in [0.15, 0.2) is 72.0 Å². The van der Waals surface area contributed by atoms with Crippen molar-refractivity contribution in [2.24, 2.45) is 4.99 Å². The molecule has 3 aromatic rings. The van der Waals surface area contributed by atoms with Crippen molar-refractivity contribution in [2.75, 3.05) is 26.9 Å². The van der Waals surface area contributed by atoms with E-state index in [1.807, 2.05) is 66.5 Å². The highest BCUT2D eigenvalue weighted by Crippen LogP contribution is 2.11. The normalized spacial score (nSPS) is 11.0. The average Bonchev–Trinajstić information content (AvgIpc) is 3.28. The quantitative estimate of drug-likeness (QED) is 0.150. The maximum absolute atomic E-state index is 5.42. The molecule has 0 amide bonds. The van der Waals surface area contributed by atoms with Crippen LogP contribution in [0.3, 0.4) is 0 Å². The number of rotatable bonds is 12. The molecule has 0 atom stereocenters. The van der Waals surface area contributed by atoms with Crippen molar-refractivity contribution in [1.82, 2.24) is 20.4 Å². The molecule has 3 rings (SSSR count). The van der Waals surface area contributed by atoms with Gasteiger partial charge in [0.05, 0.1) is 26.4 Å². The van der Waals surface area contributed by atoms with Crippen LogP contribution in [0.4, 0.5) is 0 Å². The van der Waals surface area contributed by atoms with Gasteiger partial charge in [-0.05, 0) is 36.6 Å². The minimum Gasteiger partial charge on any atom is -0.497 e. The first kappa shape index (κ1) is 26.7. The number of aromatic nitrogens is 2. The van der Waals surface area contributed by atoms with Crippen LogP contribution in [0, 0.1) is 0 Å². The van der Waals surface area contributed by atoms with E-state index in [-0.39, 0.29) is 24.0 Å². The highest BCUT2D eigenvalue weighted by atomic mass is 127. The van der Waals surface area contributed by atoms with Gasteiger partial charge in [0, 0.05) is 38.1 Å². The van der Waals surface area contributed by atoms with Gasteiger partial charge in [0.25, 0.3) is 0 Å². The summed E-state index contributed by atoms with van der Waals surface area (Å²) in [6, 6.07) is 18.3. The van der Waals surface area contributed by atoms with Crippen LogP contribution in [0.1, 0.15) is 30.0 Å². The molecule has 0 saturated heterocycles. The third-order valence-corrected chi connectivity index (χ3v) is 4.87. The Hall–Kier alpha value is -2.59. The Morgan fingerprint density at radius 3 is 2.52 bits per heavy atom. The lowest BCUT2D eigenvalue weighted by Gasteiger charge is -2.13. The van der Waals surface area contributed by atoms with E-state index in [2.05, 4.69) is 27.9 Å². The Labute approximate surface area is 213 Å².